The van der Waals surface area contributed by atoms with E-state index < -0.39 is 0 Å². The minimum absolute atomic E-state index is 0.0339. The van der Waals surface area contributed by atoms with Crippen LogP contribution in [-0.4, -0.2) is 12.6 Å². The summed E-state index contributed by atoms with van der Waals surface area (Å²) in [6.45, 7) is 2.08. The third kappa shape index (κ3) is 2.66. The molecule has 1 N–H and O–H groups in total. The fourth-order valence-corrected chi connectivity index (χ4v) is 3.40. The summed E-state index contributed by atoms with van der Waals surface area (Å²) in [6, 6.07) is 3.54. The van der Waals surface area contributed by atoms with E-state index in [-0.39, 0.29) is 11.5 Å². The van der Waals surface area contributed by atoms with Crippen molar-refractivity contribution >= 4 is 22.3 Å². The first-order valence-electron chi connectivity index (χ1n) is 6.29. The molecule has 0 radical (unpaired) electrons. The quantitative estimate of drug-likeness (QED) is 0.679. The zero-order valence-electron chi connectivity index (χ0n) is 11.0. The summed E-state index contributed by atoms with van der Waals surface area (Å²) >= 11 is 1.49. The molecular weight excluding hydrogens is 274 g/mol. The number of anilines is 1. The van der Waals surface area contributed by atoms with Gasteiger partial charge in [-0.15, -0.1) is 11.3 Å². The van der Waals surface area contributed by atoms with Crippen molar-refractivity contribution in [3.63, 3.8) is 0 Å². The van der Waals surface area contributed by atoms with Gasteiger partial charge in [-0.05, 0) is 31.7 Å². The number of carbonyl (C=O) groups is 1. The Morgan fingerprint density at radius 2 is 2.20 bits per heavy atom. The number of esters is 1. The molecule has 0 amide bonds. The van der Waals surface area contributed by atoms with Gasteiger partial charge in [-0.1, -0.05) is 0 Å². The lowest BCUT2D eigenvalue weighted by Crippen LogP contribution is -2.08. The molecule has 0 saturated heterocycles. The van der Waals surface area contributed by atoms with Crippen molar-refractivity contribution in [3.05, 3.63) is 27.8 Å². The molecule has 1 aromatic heterocycles. The number of nitrogens with one attached hydrogen (secondary N) is 1. The highest BCUT2D eigenvalue weighted by atomic mass is 32.1. The fourth-order valence-electron chi connectivity index (χ4n) is 2.15. The Bertz CT molecular complexity index is 631. The van der Waals surface area contributed by atoms with Crippen molar-refractivity contribution in [1.82, 2.24) is 0 Å². The average Bonchev–Trinajstić information content (AvgIpc) is 3.00. The van der Waals surface area contributed by atoms with Gasteiger partial charge in [-0.2, -0.15) is 10.5 Å². The lowest BCUT2D eigenvalue weighted by Gasteiger charge is -2.05. The second kappa shape index (κ2) is 6.23. The summed E-state index contributed by atoms with van der Waals surface area (Å²) < 4.78 is 5.09. The van der Waals surface area contributed by atoms with Crippen LogP contribution in [0.25, 0.3) is 0 Å². The van der Waals surface area contributed by atoms with Gasteiger partial charge in [0.05, 0.1) is 12.2 Å². The molecule has 0 bridgehead atoms. The minimum Gasteiger partial charge on any atom is -0.462 e. The van der Waals surface area contributed by atoms with E-state index in [9.17, 15) is 4.79 Å². The van der Waals surface area contributed by atoms with E-state index in [1.54, 1.807) is 19.1 Å². The SMILES string of the molecule is CCOC(=O)c1c(NC=C(C#N)C#N)sc2c1CCC2. The molecule has 0 spiro atoms. The second-order valence-corrected chi connectivity index (χ2v) is 5.31. The Kier molecular flexibility index (Phi) is 4.39. The van der Waals surface area contributed by atoms with E-state index in [2.05, 4.69) is 5.32 Å². The van der Waals surface area contributed by atoms with Gasteiger partial charge >= 0.3 is 5.97 Å². The van der Waals surface area contributed by atoms with Gasteiger partial charge in [0.2, 0.25) is 0 Å². The van der Waals surface area contributed by atoms with E-state index in [4.69, 9.17) is 15.3 Å². The minimum atomic E-state index is -0.349. The maximum Gasteiger partial charge on any atom is 0.341 e. The van der Waals surface area contributed by atoms with Gasteiger partial charge in [-0.3, -0.25) is 0 Å². The highest BCUT2D eigenvalue weighted by molar-refractivity contribution is 7.16. The molecule has 0 aromatic carbocycles. The van der Waals surface area contributed by atoms with Gasteiger partial charge in [-0.25, -0.2) is 4.79 Å². The summed E-state index contributed by atoms with van der Waals surface area (Å²) in [4.78, 5) is 13.2. The van der Waals surface area contributed by atoms with E-state index in [1.165, 1.54) is 22.4 Å². The summed E-state index contributed by atoms with van der Waals surface area (Å²) in [5, 5.41) is 21.0. The summed E-state index contributed by atoms with van der Waals surface area (Å²) in [7, 11) is 0. The molecule has 1 aliphatic carbocycles. The van der Waals surface area contributed by atoms with Crippen molar-refractivity contribution < 1.29 is 9.53 Å². The summed E-state index contributed by atoms with van der Waals surface area (Å²) in [6.07, 6.45) is 4.20. The number of aryl methyl sites for hydroxylation is 1. The Balaban J connectivity index is 2.34. The number of rotatable bonds is 4. The van der Waals surface area contributed by atoms with Crippen LogP contribution in [0.15, 0.2) is 11.8 Å². The van der Waals surface area contributed by atoms with E-state index in [1.807, 2.05) is 0 Å². The number of nitrogens with zero attached hydrogens (tertiary/aromatic N) is 2. The molecular formula is C14H13N3O2S. The van der Waals surface area contributed by atoms with Crippen LogP contribution in [0.3, 0.4) is 0 Å². The number of nitriles is 2. The maximum absolute atomic E-state index is 12.1. The van der Waals surface area contributed by atoms with Crippen LogP contribution in [0.5, 0.6) is 0 Å². The highest BCUT2D eigenvalue weighted by Crippen LogP contribution is 2.39. The lowest BCUT2D eigenvalue weighted by atomic mass is 10.1. The number of ether oxygens (including phenoxy) is 1. The number of hydrogen-bond acceptors (Lipinski definition) is 6. The van der Waals surface area contributed by atoms with Crippen LogP contribution in [-0.2, 0) is 17.6 Å². The van der Waals surface area contributed by atoms with Crippen LogP contribution in [0.4, 0.5) is 5.00 Å². The monoisotopic (exact) mass is 287 g/mol. The van der Waals surface area contributed by atoms with Gasteiger partial charge in [0.15, 0.2) is 0 Å². The molecule has 2 rings (SSSR count). The molecule has 0 aliphatic heterocycles. The van der Waals surface area contributed by atoms with Gasteiger partial charge in [0.25, 0.3) is 0 Å². The Hall–Kier alpha value is -2.31. The Labute approximate surface area is 121 Å². The molecule has 6 heteroatoms. The molecule has 1 aromatic rings. The molecule has 0 saturated carbocycles. The predicted molar refractivity (Wildman–Crippen MR) is 75.2 cm³/mol. The van der Waals surface area contributed by atoms with Crippen LogP contribution in [0, 0.1) is 22.7 Å². The van der Waals surface area contributed by atoms with Crippen molar-refractivity contribution in [1.29, 1.82) is 10.5 Å². The lowest BCUT2D eigenvalue weighted by molar-refractivity contribution is 0.0527. The van der Waals surface area contributed by atoms with Gasteiger partial charge in [0, 0.05) is 11.1 Å². The second-order valence-electron chi connectivity index (χ2n) is 4.21. The van der Waals surface area contributed by atoms with Gasteiger partial charge in [0.1, 0.15) is 22.7 Å². The predicted octanol–water partition coefficient (Wildman–Crippen LogP) is 2.76. The molecule has 1 heterocycles. The number of thiophene rings is 1. The van der Waals surface area contributed by atoms with Crippen LogP contribution < -0.4 is 5.32 Å². The first-order valence-corrected chi connectivity index (χ1v) is 7.11. The molecule has 0 atom stereocenters. The van der Waals surface area contributed by atoms with Crippen LogP contribution in [0.2, 0.25) is 0 Å². The van der Waals surface area contributed by atoms with Crippen LogP contribution in [0.1, 0.15) is 34.1 Å². The summed E-state index contributed by atoms with van der Waals surface area (Å²) in [5.41, 5.74) is 1.56. The van der Waals surface area contributed by atoms with Crippen molar-refractivity contribution in [2.75, 3.05) is 11.9 Å². The number of carbonyl (C=O) groups excluding carboxylic acids is 1. The normalized spacial score (nSPS) is 11.9. The van der Waals surface area contributed by atoms with E-state index >= 15 is 0 Å². The first kappa shape index (κ1) is 14.1. The molecule has 0 fully saturated rings. The molecule has 102 valence electrons. The number of allylic oxidation sites excluding steroid dienone is 1. The summed E-state index contributed by atoms with van der Waals surface area (Å²) in [5.74, 6) is -0.349. The van der Waals surface area contributed by atoms with Crippen molar-refractivity contribution in [2.45, 2.75) is 26.2 Å². The average molecular weight is 287 g/mol. The van der Waals surface area contributed by atoms with Crippen LogP contribution >= 0.6 is 11.3 Å². The molecule has 5 nitrogen and oxygen atoms in total. The first-order chi connectivity index (χ1) is 9.71. The molecule has 0 unspecified atom stereocenters. The van der Waals surface area contributed by atoms with E-state index in [0.717, 1.165) is 24.8 Å². The standard InChI is InChI=1S/C14H13N3O2S/c1-2-19-14(18)12-10-4-3-5-11(10)20-13(12)17-8-9(6-15)7-16/h8,17H,2-5H2,1H3. The third-order valence-corrected chi connectivity index (χ3v) is 4.21. The zero-order valence-corrected chi connectivity index (χ0v) is 11.8. The number of fused-ring (bicyclic) bond motifs is 1. The third-order valence-electron chi connectivity index (χ3n) is 2.99. The smallest absolute Gasteiger partial charge is 0.341 e. The molecule has 1 aliphatic rings. The maximum atomic E-state index is 12.1. The fraction of sp³-hybridized carbons (Fsp3) is 0.357. The molecule has 20 heavy (non-hydrogen) atoms. The largest absolute Gasteiger partial charge is 0.462 e. The van der Waals surface area contributed by atoms with E-state index in [0.29, 0.717) is 17.2 Å². The Morgan fingerprint density at radius 1 is 1.45 bits per heavy atom. The van der Waals surface area contributed by atoms with Crippen molar-refractivity contribution in [2.24, 2.45) is 0 Å². The Morgan fingerprint density at radius 3 is 2.85 bits per heavy atom. The zero-order chi connectivity index (χ0) is 14.5. The van der Waals surface area contributed by atoms with Crippen molar-refractivity contribution in [3.8, 4) is 12.1 Å². The topological polar surface area (TPSA) is 85.9 Å². The van der Waals surface area contributed by atoms with Gasteiger partial charge < -0.3 is 10.1 Å². The highest BCUT2D eigenvalue weighted by Gasteiger charge is 2.27. The number of hydrogen-bond donors (Lipinski definition) is 1.